The summed E-state index contributed by atoms with van der Waals surface area (Å²) < 4.78 is 11.3. The van der Waals surface area contributed by atoms with Crippen LogP contribution in [0.1, 0.15) is 30.2 Å². The molecular weight excluding hydrogens is 402 g/mol. The molecule has 0 saturated heterocycles. The number of carbonyl (C=O) groups excluding carboxylic acids is 2. The fraction of sp³-hybridized carbons (Fsp3) is 0.273. The molecule has 7 nitrogen and oxygen atoms in total. The molecule has 1 aromatic heterocycles. The summed E-state index contributed by atoms with van der Waals surface area (Å²) in [5, 5.41) is 12.7. The van der Waals surface area contributed by atoms with E-state index in [1.165, 1.54) is 25.6 Å². The number of nitriles is 1. The van der Waals surface area contributed by atoms with Crippen molar-refractivity contribution in [2.24, 2.45) is 0 Å². The van der Waals surface area contributed by atoms with Crippen LogP contribution in [0.25, 0.3) is 10.2 Å². The summed E-state index contributed by atoms with van der Waals surface area (Å²) in [6.45, 7) is 0. The Morgan fingerprint density at radius 1 is 1.17 bits per heavy atom. The number of amides is 1. The van der Waals surface area contributed by atoms with Crippen LogP contribution in [-0.2, 0) is 9.59 Å². The van der Waals surface area contributed by atoms with E-state index in [4.69, 9.17) is 9.47 Å². The highest BCUT2D eigenvalue weighted by Gasteiger charge is 2.23. The quantitative estimate of drug-likeness (QED) is 0.551. The van der Waals surface area contributed by atoms with Crippen molar-refractivity contribution in [2.75, 3.05) is 19.5 Å². The van der Waals surface area contributed by atoms with Gasteiger partial charge in [-0.1, -0.05) is 12.1 Å². The molecule has 3 aromatic rings. The van der Waals surface area contributed by atoms with Crippen LogP contribution in [0.4, 0.5) is 5.69 Å². The van der Waals surface area contributed by atoms with E-state index >= 15 is 0 Å². The van der Waals surface area contributed by atoms with Crippen molar-refractivity contribution in [3.63, 3.8) is 0 Å². The summed E-state index contributed by atoms with van der Waals surface area (Å²) in [4.78, 5) is 29.3. The Labute approximate surface area is 178 Å². The van der Waals surface area contributed by atoms with Gasteiger partial charge in [-0.05, 0) is 30.7 Å². The number of thiazole rings is 1. The second-order valence-electron chi connectivity index (χ2n) is 6.52. The van der Waals surface area contributed by atoms with Crippen LogP contribution in [0, 0.1) is 11.3 Å². The minimum absolute atomic E-state index is 0.122. The van der Waals surface area contributed by atoms with Gasteiger partial charge < -0.3 is 14.8 Å². The molecule has 3 rings (SSSR count). The van der Waals surface area contributed by atoms with Gasteiger partial charge in [-0.25, -0.2) is 4.98 Å². The molecule has 0 aliphatic heterocycles. The number of nitrogens with zero attached hydrogens (tertiary/aromatic N) is 2. The zero-order valence-electron chi connectivity index (χ0n) is 16.7. The topological polar surface area (TPSA) is 101 Å². The standard InChI is InChI=1S/C22H21N3O4S/c1-28-14-10-11-19(29-2)17(12-14)24-21(27)9-5-7-18(26)15(13-23)22-25-16-6-3-4-8-20(16)30-22/h3-4,6,8,10-12,15H,5,7,9H2,1-2H3,(H,24,27)/t15-/m0/s1. The molecule has 154 valence electrons. The van der Waals surface area contributed by atoms with Gasteiger partial charge in [-0.2, -0.15) is 5.26 Å². The van der Waals surface area contributed by atoms with E-state index in [9.17, 15) is 14.9 Å². The molecule has 0 aliphatic carbocycles. The van der Waals surface area contributed by atoms with Gasteiger partial charge in [0.05, 0.1) is 36.2 Å². The summed E-state index contributed by atoms with van der Waals surface area (Å²) in [5.41, 5.74) is 1.27. The molecule has 1 atom stereocenters. The third-order valence-electron chi connectivity index (χ3n) is 4.52. The number of aromatic nitrogens is 1. The van der Waals surface area contributed by atoms with Gasteiger partial charge in [0.25, 0.3) is 0 Å². The van der Waals surface area contributed by atoms with E-state index in [0.29, 0.717) is 28.6 Å². The van der Waals surface area contributed by atoms with Crippen molar-refractivity contribution in [1.82, 2.24) is 4.98 Å². The van der Waals surface area contributed by atoms with Crippen LogP contribution in [0.2, 0.25) is 0 Å². The molecule has 0 fully saturated rings. The Kier molecular flexibility index (Phi) is 6.99. The van der Waals surface area contributed by atoms with E-state index in [1.54, 1.807) is 18.2 Å². The molecule has 0 saturated carbocycles. The van der Waals surface area contributed by atoms with E-state index in [2.05, 4.69) is 16.4 Å². The number of anilines is 1. The minimum atomic E-state index is -0.913. The Morgan fingerprint density at radius 2 is 1.97 bits per heavy atom. The summed E-state index contributed by atoms with van der Waals surface area (Å²) >= 11 is 1.35. The van der Waals surface area contributed by atoms with Crippen LogP contribution in [0.15, 0.2) is 42.5 Å². The van der Waals surface area contributed by atoms with Gasteiger partial charge in [0, 0.05) is 18.9 Å². The number of hydrogen-bond donors (Lipinski definition) is 1. The van der Waals surface area contributed by atoms with Gasteiger partial charge in [0.1, 0.15) is 16.5 Å². The first-order chi connectivity index (χ1) is 14.5. The highest BCUT2D eigenvalue weighted by Crippen LogP contribution is 2.30. The number of methoxy groups -OCH3 is 2. The van der Waals surface area contributed by atoms with E-state index in [1.807, 2.05) is 24.3 Å². The summed E-state index contributed by atoms with van der Waals surface area (Å²) in [7, 11) is 3.05. The molecule has 2 aromatic carbocycles. The molecule has 0 bridgehead atoms. The number of nitrogens with one attached hydrogen (secondary N) is 1. The molecular formula is C22H21N3O4S. The van der Waals surface area contributed by atoms with Crippen molar-refractivity contribution in [3.05, 3.63) is 47.5 Å². The lowest BCUT2D eigenvalue weighted by molar-refractivity contribution is -0.119. The number of para-hydroxylation sites is 1. The maximum atomic E-state index is 12.6. The maximum Gasteiger partial charge on any atom is 0.224 e. The van der Waals surface area contributed by atoms with Crippen LogP contribution in [0.3, 0.4) is 0 Å². The Balaban J connectivity index is 1.57. The molecule has 30 heavy (non-hydrogen) atoms. The molecule has 1 amide bonds. The Morgan fingerprint density at radius 3 is 2.67 bits per heavy atom. The van der Waals surface area contributed by atoms with Crippen molar-refractivity contribution >= 4 is 38.9 Å². The monoisotopic (exact) mass is 423 g/mol. The Hall–Kier alpha value is -3.44. The van der Waals surface area contributed by atoms with Crippen LogP contribution in [-0.4, -0.2) is 30.9 Å². The summed E-state index contributed by atoms with van der Waals surface area (Å²) in [5.74, 6) is -0.287. The number of benzene rings is 2. The molecule has 0 aliphatic rings. The predicted molar refractivity (Wildman–Crippen MR) is 115 cm³/mol. The molecule has 8 heteroatoms. The average molecular weight is 423 g/mol. The second kappa shape index (κ2) is 9.85. The normalized spacial score (nSPS) is 11.5. The first kappa shape index (κ1) is 21.3. The smallest absolute Gasteiger partial charge is 0.224 e. The van der Waals surface area contributed by atoms with Crippen LogP contribution in [0.5, 0.6) is 11.5 Å². The molecule has 1 N–H and O–H groups in total. The predicted octanol–water partition coefficient (Wildman–Crippen LogP) is 4.30. The number of ketones is 1. The minimum Gasteiger partial charge on any atom is -0.497 e. The number of ether oxygens (including phenoxy) is 2. The number of Topliss-reactive ketones (excluding diaryl/α,β-unsaturated/α-hetero) is 1. The lowest BCUT2D eigenvalue weighted by atomic mass is 10.0. The molecule has 0 unspecified atom stereocenters. The number of rotatable bonds is 9. The second-order valence-corrected chi connectivity index (χ2v) is 7.58. The average Bonchev–Trinajstić information content (AvgIpc) is 3.17. The SMILES string of the molecule is COc1ccc(OC)c(NC(=O)CCCC(=O)[C@H](C#N)c2nc3ccccc3s2)c1. The van der Waals surface area contributed by atoms with Crippen LogP contribution >= 0.6 is 11.3 Å². The summed E-state index contributed by atoms with van der Waals surface area (Å²) in [6, 6.07) is 14.7. The zero-order chi connectivity index (χ0) is 21.5. The van der Waals surface area contributed by atoms with Gasteiger partial charge in [0.2, 0.25) is 5.91 Å². The highest BCUT2D eigenvalue weighted by atomic mass is 32.1. The molecule has 1 heterocycles. The molecule has 0 spiro atoms. The van der Waals surface area contributed by atoms with Crippen molar-refractivity contribution in [1.29, 1.82) is 5.26 Å². The van der Waals surface area contributed by atoms with Crippen molar-refractivity contribution in [3.8, 4) is 17.6 Å². The fourth-order valence-electron chi connectivity index (χ4n) is 2.97. The third kappa shape index (κ3) is 4.93. The van der Waals surface area contributed by atoms with E-state index < -0.39 is 5.92 Å². The first-order valence-electron chi connectivity index (χ1n) is 9.35. The van der Waals surface area contributed by atoms with Crippen LogP contribution < -0.4 is 14.8 Å². The van der Waals surface area contributed by atoms with Gasteiger partial charge in [-0.3, -0.25) is 9.59 Å². The van der Waals surface area contributed by atoms with E-state index in [-0.39, 0.29) is 24.5 Å². The Bertz CT molecular complexity index is 1070. The third-order valence-corrected chi connectivity index (χ3v) is 5.62. The number of fused-ring (bicyclic) bond motifs is 1. The number of hydrogen-bond acceptors (Lipinski definition) is 7. The van der Waals surface area contributed by atoms with E-state index in [0.717, 1.165) is 10.2 Å². The lowest BCUT2D eigenvalue weighted by Crippen LogP contribution is -2.14. The van der Waals surface area contributed by atoms with Gasteiger partial charge in [-0.15, -0.1) is 11.3 Å². The molecule has 0 radical (unpaired) electrons. The number of carbonyl (C=O) groups is 2. The highest BCUT2D eigenvalue weighted by molar-refractivity contribution is 7.18. The lowest BCUT2D eigenvalue weighted by Gasteiger charge is -2.11. The van der Waals surface area contributed by atoms with Gasteiger partial charge >= 0.3 is 0 Å². The zero-order valence-corrected chi connectivity index (χ0v) is 17.5. The van der Waals surface area contributed by atoms with Crippen molar-refractivity contribution in [2.45, 2.75) is 25.2 Å². The maximum absolute atomic E-state index is 12.6. The largest absolute Gasteiger partial charge is 0.497 e. The van der Waals surface area contributed by atoms with Gasteiger partial charge in [0.15, 0.2) is 11.7 Å². The van der Waals surface area contributed by atoms with Crippen molar-refractivity contribution < 1.29 is 19.1 Å². The summed E-state index contributed by atoms with van der Waals surface area (Å²) in [6.07, 6.45) is 0.598. The fourth-order valence-corrected chi connectivity index (χ4v) is 4.01. The first-order valence-corrected chi connectivity index (χ1v) is 10.2.